The Kier molecular flexibility index (Phi) is 6.02. The second-order valence-corrected chi connectivity index (χ2v) is 7.27. The summed E-state index contributed by atoms with van der Waals surface area (Å²) >= 11 is 12.0. The van der Waals surface area contributed by atoms with Gasteiger partial charge >= 0.3 is 0 Å². The van der Waals surface area contributed by atoms with E-state index in [1.807, 2.05) is 36.4 Å². The van der Waals surface area contributed by atoms with Crippen molar-refractivity contribution in [3.05, 3.63) is 94.5 Å². The second kappa shape index (κ2) is 9.02. The van der Waals surface area contributed by atoms with E-state index in [0.29, 0.717) is 22.3 Å². The van der Waals surface area contributed by atoms with Crippen LogP contribution in [0.1, 0.15) is 16.1 Å². The van der Waals surface area contributed by atoms with Gasteiger partial charge in [-0.15, -0.1) is 0 Å². The zero-order valence-electron chi connectivity index (χ0n) is 15.7. The first-order valence-electron chi connectivity index (χ1n) is 9.06. The quantitative estimate of drug-likeness (QED) is 0.450. The molecule has 0 aliphatic carbocycles. The maximum Gasteiger partial charge on any atom is 0.276 e. The van der Waals surface area contributed by atoms with Crippen molar-refractivity contribution in [2.45, 2.75) is 13.3 Å². The molecule has 0 radical (unpaired) electrons. The minimum atomic E-state index is -0.331. The predicted octanol–water partition coefficient (Wildman–Crippen LogP) is 4.72. The van der Waals surface area contributed by atoms with E-state index in [4.69, 9.17) is 27.9 Å². The molecule has 0 saturated carbocycles. The Balaban J connectivity index is 1.34. The Hall–Kier alpha value is -3.29. The SMILES string of the molecule is O=C(Nc1cnn(Cc2ccc(Cl)c(Cl)c2)c1)c1ccn(COc2ccccc2)n1. The molecule has 9 heteroatoms. The number of carbonyl (C=O) groups is 1. The second-order valence-electron chi connectivity index (χ2n) is 6.46. The largest absolute Gasteiger partial charge is 0.471 e. The Labute approximate surface area is 182 Å². The molecule has 7 nitrogen and oxygen atoms in total. The number of aromatic nitrogens is 4. The van der Waals surface area contributed by atoms with Crippen LogP contribution in [0, 0.1) is 0 Å². The van der Waals surface area contributed by atoms with Crippen LogP contribution in [0.15, 0.2) is 73.2 Å². The van der Waals surface area contributed by atoms with Crippen molar-refractivity contribution < 1.29 is 9.53 Å². The van der Waals surface area contributed by atoms with Crippen LogP contribution < -0.4 is 10.1 Å². The highest BCUT2D eigenvalue weighted by Gasteiger charge is 2.11. The van der Waals surface area contributed by atoms with Gasteiger partial charge in [-0.3, -0.25) is 9.48 Å². The lowest BCUT2D eigenvalue weighted by Gasteiger charge is -2.05. The third-order valence-corrected chi connectivity index (χ3v) is 4.94. The third kappa shape index (κ3) is 5.00. The molecule has 2 aromatic carbocycles. The summed E-state index contributed by atoms with van der Waals surface area (Å²) in [6.07, 6.45) is 4.99. The smallest absolute Gasteiger partial charge is 0.276 e. The number of para-hydroxylation sites is 1. The number of hydrogen-bond acceptors (Lipinski definition) is 4. The van der Waals surface area contributed by atoms with E-state index in [1.54, 1.807) is 46.2 Å². The van der Waals surface area contributed by atoms with Crippen molar-refractivity contribution >= 4 is 34.8 Å². The molecule has 0 spiro atoms. The maximum atomic E-state index is 12.5. The van der Waals surface area contributed by atoms with Crippen molar-refractivity contribution in [1.29, 1.82) is 0 Å². The zero-order chi connectivity index (χ0) is 20.9. The predicted molar refractivity (Wildman–Crippen MR) is 115 cm³/mol. The number of ether oxygens (including phenoxy) is 1. The number of rotatable bonds is 7. The van der Waals surface area contributed by atoms with Gasteiger partial charge < -0.3 is 10.1 Å². The van der Waals surface area contributed by atoms with Crippen molar-refractivity contribution in [3.63, 3.8) is 0 Å². The fourth-order valence-electron chi connectivity index (χ4n) is 2.75. The molecule has 0 aliphatic rings. The molecule has 2 heterocycles. The van der Waals surface area contributed by atoms with Crippen molar-refractivity contribution in [2.75, 3.05) is 5.32 Å². The number of halogens is 2. The fourth-order valence-corrected chi connectivity index (χ4v) is 3.07. The van der Waals surface area contributed by atoms with E-state index in [0.717, 1.165) is 11.3 Å². The first-order chi connectivity index (χ1) is 14.6. The molecule has 0 aliphatic heterocycles. The lowest BCUT2D eigenvalue weighted by atomic mass is 10.2. The number of benzene rings is 2. The summed E-state index contributed by atoms with van der Waals surface area (Å²) in [5, 5.41) is 12.3. The molecular formula is C21H17Cl2N5O2. The molecular weight excluding hydrogens is 425 g/mol. The molecule has 0 unspecified atom stereocenters. The Morgan fingerprint density at radius 3 is 2.67 bits per heavy atom. The van der Waals surface area contributed by atoms with E-state index in [9.17, 15) is 4.79 Å². The van der Waals surface area contributed by atoms with Crippen LogP contribution in [0.3, 0.4) is 0 Å². The van der Waals surface area contributed by atoms with E-state index in [2.05, 4.69) is 15.5 Å². The minimum absolute atomic E-state index is 0.207. The van der Waals surface area contributed by atoms with Gasteiger partial charge in [0.15, 0.2) is 12.4 Å². The summed E-state index contributed by atoms with van der Waals surface area (Å²) in [6, 6.07) is 16.4. The monoisotopic (exact) mass is 441 g/mol. The standard InChI is InChI=1S/C21H17Cl2N5O2/c22-18-7-6-15(10-19(18)23)12-28-13-16(11-24-28)25-21(29)20-8-9-27(26-20)14-30-17-4-2-1-3-5-17/h1-11,13H,12,14H2,(H,25,29). The summed E-state index contributed by atoms with van der Waals surface area (Å²) < 4.78 is 8.86. The molecule has 0 fully saturated rings. The summed E-state index contributed by atoms with van der Waals surface area (Å²) in [5.41, 5.74) is 1.79. The van der Waals surface area contributed by atoms with Gasteiger partial charge in [-0.1, -0.05) is 47.5 Å². The van der Waals surface area contributed by atoms with Gasteiger partial charge in [-0.05, 0) is 35.9 Å². The van der Waals surface area contributed by atoms with Crippen LogP contribution in [-0.2, 0) is 13.3 Å². The zero-order valence-corrected chi connectivity index (χ0v) is 17.2. The molecule has 0 atom stereocenters. The lowest BCUT2D eigenvalue weighted by Crippen LogP contribution is -2.14. The molecule has 152 valence electrons. The first-order valence-corrected chi connectivity index (χ1v) is 9.81. The van der Waals surface area contributed by atoms with Crippen LogP contribution in [0.2, 0.25) is 10.0 Å². The van der Waals surface area contributed by atoms with Crippen LogP contribution in [0.5, 0.6) is 5.75 Å². The highest BCUT2D eigenvalue weighted by Crippen LogP contribution is 2.23. The molecule has 4 rings (SSSR count). The van der Waals surface area contributed by atoms with E-state index in [1.165, 1.54) is 0 Å². The van der Waals surface area contributed by atoms with Gasteiger partial charge in [0.2, 0.25) is 0 Å². The number of carbonyl (C=O) groups excluding carboxylic acids is 1. The number of nitrogens with zero attached hydrogens (tertiary/aromatic N) is 4. The molecule has 0 saturated heterocycles. The Bertz CT molecular complexity index is 1160. The topological polar surface area (TPSA) is 74.0 Å². The lowest BCUT2D eigenvalue weighted by molar-refractivity contribution is 0.102. The summed E-state index contributed by atoms with van der Waals surface area (Å²) in [6.45, 7) is 0.705. The van der Waals surface area contributed by atoms with Gasteiger partial charge in [0.05, 0.1) is 28.5 Å². The number of anilines is 1. The number of amides is 1. The van der Waals surface area contributed by atoms with Gasteiger partial charge in [0, 0.05) is 12.4 Å². The summed E-state index contributed by atoms with van der Waals surface area (Å²) in [4.78, 5) is 12.5. The van der Waals surface area contributed by atoms with Crippen LogP contribution in [0.4, 0.5) is 5.69 Å². The Morgan fingerprint density at radius 1 is 1.03 bits per heavy atom. The van der Waals surface area contributed by atoms with E-state index in [-0.39, 0.29) is 18.3 Å². The number of nitrogens with one attached hydrogen (secondary N) is 1. The van der Waals surface area contributed by atoms with Gasteiger partial charge in [-0.2, -0.15) is 10.2 Å². The number of hydrogen-bond donors (Lipinski definition) is 1. The van der Waals surface area contributed by atoms with E-state index >= 15 is 0 Å². The normalized spacial score (nSPS) is 10.7. The maximum absolute atomic E-state index is 12.5. The van der Waals surface area contributed by atoms with Gasteiger partial charge in [0.25, 0.3) is 5.91 Å². The highest BCUT2D eigenvalue weighted by molar-refractivity contribution is 6.42. The average molecular weight is 442 g/mol. The fraction of sp³-hybridized carbons (Fsp3) is 0.0952. The van der Waals surface area contributed by atoms with E-state index < -0.39 is 0 Å². The van der Waals surface area contributed by atoms with Crippen LogP contribution >= 0.6 is 23.2 Å². The minimum Gasteiger partial charge on any atom is -0.471 e. The van der Waals surface area contributed by atoms with Crippen molar-refractivity contribution in [1.82, 2.24) is 19.6 Å². The molecule has 30 heavy (non-hydrogen) atoms. The molecule has 4 aromatic rings. The van der Waals surface area contributed by atoms with Gasteiger partial charge in [-0.25, -0.2) is 4.68 Å². The van der Waals surface area contributed by atoms with Crippen LogP contribution in [-0.4, -0.2) is 25.5 Å². The van der Waals surface area contributed by atoms with Gasteiger partial charge in [0.1, 0.15) is 5.75 Å². The summed E-state index contributed by atoms with van der Waals surface area (Å²) in [5.74, 6) is 0.399. The highest BCUT2D eigenvalue weighted by atomic mass is 35.5. The molecule has 2 aromatic heterocycles. The van der Waals surface area contributed by atoms with Crippen molar-refractivity contribution in [3.8, 4) is 5.75 Å². The van der Waals surface area contributed by atoms with Crippen LogP contribution in [0.25, 0.3) is 0 Å². The average Bonchev–Trinajstić information content (AvgIpc) is 3.40. The third-order valence-electron chi connectivity index (χ3n) is 4.20. The Morgan fingerprint density at radius 2 is 1.87 bits per heavy atom. The first kappa shape index (κ1) is 20.0. The molecule has 1 N–H and O–H groups in total. The summed E-state index contributed by atoms with van der Waals surface area (Å²) in [7, 11) is 0. The van der Waals surface area contributed by atoms with Crippen molar-refractivity contribution in [2.24, 2.45) is 0 Å². The molecule has 1 amide bonds. The molecule has 0 bridgehead atoms.